The lowest BCUT2D eigenvalue weighted by Gasteiger charge is -2.43. The predicted octanol–water partition coefficient (Wildman–Crippen LogP) is 4.57. The number of anilines is 1. The first-order valence-electron chi connectivity index (χ1n) is 13.9. The van der Waals surface area contributed by atoms with Gasteiger partial charge in [-0.1, -0.05) is 36.4 Å². The molecule has 0 aliphatic carbocycles. The third-order valence-electron chi connectivity index (χ3n) is 8.27. The molecule has 2 fully saturated rings. The lowest BCUT2D eigenvalue weighted by Crippen LogP contribution is -2.53. The van der Waals surface area contributed by atoms with Gasteiger partial charge in [-0.25, -0.2) is 0 Å². The summed E-state index contributed by atoms with van der Waals surface area (Å²) in [6.07, 6.45) is 0.260. The highest BCUT2D eigenvalue weighted by molar-refractivity contribution is 5.78. The van der Waals surface area contributed by atoms with Gasteiger partial charge in [-0.2, -0.15) is 13.2 Å². The Labute approximate surface area is 233 Å². The molecule has 3 aromatic rings. The highest BCUT2D eigenvalue weighted by Crippen LogP contribution is 2.38. The van der Waals surface area contributed by atoms with Crippen molar-refractivity contribution in [3.8, 4) is 0 Å². The zero-order valence-corrected chi connectivity index (χ0v) is 22.6. The quantitative estimate of drug-likeness (QED) is 0.445. The van der Waals surface area contributed by atoms with E-state index in [1.54, 1.807) is 18.5 Å². The van der Waals surface area contributed by atoms with Crippen molar-refractivity contribution in [3.05, 3.63) is 95.8 Å². The Balaban J connectivity index is 1.21. The fourth-order valence-corrected chi connectivity index (χ4v) is 5.82. The number of halogens is 3. The Kier molecular flexibility index (Phi) is 8.71. The Hall–Kier alpha value is -3.43. The average Bonchev–Trinajstić information content (AvgIpc) is 2.98. The zero-order valence-electron chi connectivity index (χ0n) is 22.6. The number of hydrogen-bond acceptors (Lipinski definition) is 5. The lowest BCUT2D eigenvalue weighted by atomic mass is 9.72. The van der Waals surface area contributed by atoms with Gasteiger partial charge >= 0.3 is 6.18 Å². The smallest absolute Gasteiger partial charge is 0.369 e. The fraction of sp³-hybridized carbons (Fsp3) is 0.419. The fourth-order valence-electron chi connectivity index (χ4n) is 5.82. The number of carbonyl (C=O) groups excluding carboxylic acids is 1. The highest BCUT2D eigenvalue weighted by atomic mass is 19.4. The molecule has 0 radical (unpaired) electrons. The molecule has 1 aromatic heterocycles. The van der Waals surface area contributed by atoms with Crippen molar-refractivity contribution in [3.63, 3.8) is 0 Å². The number of alkyl halides is 3. The minimum Gasteiger partial charge on any atom is -0.369 e. The van der Waals surface area contributed by atoms with Gasteiger partial charge in [0.1, 0.15) is 0 Å². The summed E-state index contributed by atoms with van der Waals surface area (Å²) in [7, 11) is 0. The van der Waals surface area contributed by atoms with Crippen molar-refractivity contribution in [1.82, 2.24) is 20.1 Å². The van der Waals surface area contributed by atoms with E-state index in [9.17, 15) is 18.0 Å². The molecular formula is C31H36F3N5O. The van der Waals surface area contributed by atoms with Gasteiger partial charge in [-0.05, 0) is 54.3 Å². The van der Waals surface area contributed by atoms with Gasteiger partial charge in [-0.3, -0.25) is 14.7 Å². The van der Waals surface area contributed by atoms with E-state index in [0.717, 1.165) is 37.8 Å². The summed E-state index contributed by atoms with van der Waals surface area (Å²) >= 11 is 0. The minimum absolute atomic E-state index is 0.0931. The van der Waals surface area contributed by atoms with E-state index in [-0.39, 0.29) is 5.91 Å². The first-order chi connectivity index (χ1) is 19.3. The number of carbonyl (C=O) groups is 1. The SMILES string of the molecule is O=C(CN1CCN(c2ccccc2)CC1)N1CCC(CNCc2ccncc2)(c2cccc(C(F)(F)F)c2)CC1. The van der Waals surface area contributed by atoms with Crippen molar-refractivity contribution in [2.24, 2.45) is 0 Å². The average molecular weight is 552 g/mol. The molecule has 212 valence electrons. The molecule has 3 heterocycles. The monoisotopic (exact) mass is 551 g/mol. The summed E-state index contributed by atoms with van der Waals surface area (Å²) in [4.78, 5) is 23.7. The van der Waals surface area contributed by atoms with Crippen molar-refractivity contribution in [2.75, 3.05) is 57.3 Å². The van der Waals surface area contributed by atoms with Gasteiger partial charge in [0.05, 0.1) is 12.1 Å². The maximum atomic E-state index is 13.6. The predicted molar refractivity (Wildman–Crippen MR) is 150 cm³/mol. The van der Waals surface area contributed by atoms with Crippen LogP contribution in [0.2, 0.25) is 0 Å². The van der Waals surface area contributed by atoms with Crippen molar-refractivity contribution >= 4 is 11.6 Å². The number of amides is 1. The van der Waals surface area contributed by atoms with Crippen LogP contribution in [0.25, 0.3) is 0 Å². The second kappa shape index (κ2) is 12.4. The van der Waals surface area contributed by atoms with Gasteiger partial charge < -0.3 is 15.1 Å². The molecule has 0 atom stereocenters. The van der Waals surface area contributed by atoms with Crippen LogP contribution in [-0.2, 0) is 22.9 Å². The summed E-state index contributed by atoms with van der Waals surface area (Å²) in [6, 6.07) is 19.9. The van der Waals surface area contributed by atoms with Gasteiger partial charge in [0.2, 0.25) is 5.91 Å². The summed E-state index contributed by atoms with van der Waals surface area (Å²) in [5.41, 5.74) is 1.81. The molecule has 1 amide bonds. The molecule has 0 saturated carbocycles. The zero-order chi connectivity index (χ0) is 28.0. The normalized spacial score (nSPS) is 18.1. The molecule has 2 saturated heterocycles. The second-order valence-electron chi connectivity index (χ2n) is 10.8. The van der Waals surface area contributed by atoms with Crippen LogP contribution in [0.4, 0.5) is 18.9 Å². The van der Waals surface area contributed by atoms with E-state index < -0.39 is 17.2 Å². The molecule has 40 heavy (non-hydrogen) atoms. The molecule has 2 aromatic carbocycles. The van der Waals surface area contributed by atoms with Crippen LogP contribution < -0.4 is 10.2 Å². The number of para-hydroxylation sites is 1. The standard InChI is InChI=1S/C31H36F3N5O/c32-31(33,34)27-6-4-5-26(21-27)30(24-36-22-25-9-13-35-14-10-25)11-15-39(16-12-30)29(40)23-37-17-19-38(20-18-37)28-7-2-1-3-8-28/h1-10,13-14,21,36H,11-12,15-20,22-24H2. The minimum atomic E-state index is -4.40. The number of rotatable bonds is 8. The number of piperidine rings is 1. The number of pyridine rings is 1. The maximum absolute atomic E-state index is 13.6. The first-order valence-corrected chi connectivity index (χ1v) is 13.9. The van der Waals surface area contributed by atoms with Crippen LogP contribution in [0.1, 0.15) is 29.5 Å². The van der Waals surface area contributed by atoms with Crippen LogP contribution in [0.5, 0.6) is 0 Å². The molecular weight excluding hydrogens is 515 g/mol. The second-order valence-corrected chi connectivity index (χ2v) is 10.8. The molecule has 5 rings (SSSR count). The lowest BCUT2D eigenvalue weighted by molar-refractivity contribution is -0.137. The van der Waals surface area contributed by atoms with E-state index in [0.29, 0.717) is 51.1 Å². The Bertz CT molecular complexity index is 1240. The molecule has 9 heteroatoms. The summed E-state index contributed by atoms with van der Waals surface area (Å²) < 4.78 is 40.7. The number of nitrogens with zero attached hydrogens (tertiary/aromatic N) is 4. The molecule has 6 nitrogen and oxygen atoms in total. The molecule has 2 aliphatic heterocycles. The van der Waals surface area contributed by atoms with Gasteiger partial charge in [0.15, 0.2) is 0 Å². The van der Waals surface area contributed by atoms with Crippen molar-refractivity contribution in [2.45, 2.75) is 31.0 Å². The van der Waals surface area contributed by atoms with Crippen LogP contribution in [0, 0.1) is 0 Å². The highest BCUT2D eigenvalue weighted by Gasteiger charge is 2.39. The molecule has 0 spiro atoms. The van der Waals surface area contributed by atoms with Gasteiger partial charge in [-0.15, -0.1) is 0 Å². The molecule has 0 unspecified atom stereocenters. The Morgan fingerprint density at radius 3 is 2.25 bits per heavy atom. The molecule has 0 bridgehead atoms. The summed E-state index contributed by atoms with van der Waals surface area (Å²) in [5, 5.41) is 3.47. The molecule has 2 aliphatic rings. The van der Waals surface area contributed by atoms with Crippen molar-refractivity contribution in [1.29, 1.82) is 0 Å². The topological polar surface area (TPSA) is 51.7 Å². The van der Waals surface area contributed by atoms with E-state index in [2.05, 4.69) is 32.2 Å². The largest absolute Gasteiger partial charge is 0.416 e. The van der Waals surface area contributed by atoms with E-state index in [1.165, 1.54) is 17.8 Å². The third kappa shape index (κ3) is 6.82. The summed E-state index contributed by atoms with van der Waals surface area (Å²) in [5.74, 6) is 0.0931. The van der Waals surface area contributed by atoms with Crippen LogP contribution >= 0.6 is 0 Å². The van der Waals surface area contributed by atoms with Gasteiger partial charge in [0, 0.05) is 75.9 Å². The first kappa shape index (κ1) is 28.1. The van der Waals surface area contributed by atoms with Crippen molar-refractivity contribution < 1.29 is 18.0 Å². The van der Waals surface area contributed by atoms with Gasteiger partial charge in [0.25, 0.3) is 0 Å². The number of hydrogen-bond donors (Lipinski definition) is 1. The Morgan fingerprint density at radius 1 is 0.875 bits per heavy atom. The number of benzene rings is 2. The van der Waals surface area contributed by atoms with Crippen LogP contribution in [0.3, 0.4) is 0 Å². The summed E-state index contributed by atoms with van der Waals surface area (Å²) in [6.45, 7) is 5.94. The van der Waals surface area contributed by atoms with Crippen LogP contribution in [-0.4, -0.2) is 73.0 Å². The number of aromatic nitrogens is 1. The van der Waals surface area contributed by atoms with E-state index >= 15 is 0 Å². The maximum Gasteiger partial charge on any atom is 0.416 e. The molecule has 1 N–H and O–H groups in total. The third-order valence-corrected chi connectivity index (χ3v) is 8.27. The Morgan fingerprint density at radius 2 is 1.57 bits per heavy atom. The number of likely N-dealkylation sites (tertiary alicyclic amines) is 1. The van der Waals surface area contributed by atoms with Crippen LogP contribution in [0.15, 0.2) is 79.1 Å². The number of nitrogens with one attached hydrogen (secondary N) is 1. The van der Waals surface area contributed by atoms with E-state index in [4.69, 9.17) is 0 Å². The van der Waals surface area contributed by atoms with E-state index in [1.807, 2.05) is 35.2 Å². The number of piperazine rings is 1.